The van der Waals surface area contributed by atoms with Gasteiger partial charge < -0.3 is 10.1 Å². The number of hydrogen-bond donors (Lipinski definition) is 1. The molecule has 102 valence electrons. The van der Waals surface area contributed by atoms with Crippen LogP contribution in [0.25, 0.3) is 0 Å². The van der Waals surface area contributed by atoms with Gasteiger partial charge in [-0.05, 0) is 24.3 Å². The summed E-state index contributed by atoms with van der Waals surface area (Å²) >= 11 is 0. The quantitative estimate of drug-likeness (QED) is 0.852. The topological polar surface area (TPSA) is 57.9 Å². The fourth-order valence-corrected chi connectivity index (χ4v) is 1.56. The van der Waals surface area contributed by atoms with E-state index in [2.05, 4.69) is 10.3 Å². The van der Waals surface area contributed by atoms with Crippen molar-refractivity contribution in [1.82, 2.24) is 4.98 Å². The lowest BCUT2D eigenvalue weighted by molar-refractivity contribution is 0.314. The Hall–Kier alpha value is -2.68. The highest BCUT2D eigenvalue weighted by molar-refractivity contribution is 5.51. The molecular weight excluding hydrogens is 264 g/mol. The standard InChI is InChI=1S/C14H11F2N3O/c15-11-3-4-13(12(16)8-11)20-7-6-19-14-10(9-17)2-1-5-18-14/h1-5,8H,6-7H2,(H,18,19). The third kappa shape index (κ3) is 3.42. The minimum atomic E-state index is -0.749. The third-order valence-corrected chi connectivity index (χ3v) is 2.47. The van der Waals surface area contributed by atoms with Crippen LogP contribution in [0.1, 0.15) is 5.56 Å². The van der Waals surface area contributed by atoms with Crippen molar-refractivity contribution < 1.29 is 13.5 Å². The van der Waals surface area contributed by atoms with Crippen LogP contribution >= 0.6 is 0 Å². The van der Waals surface area contributed by atoms with E-state index in [0.717, 1.165) is 12.1 Å². The summed E-state index contributed by atoms with van der Waals surface area (Å²) in [5.41, 5.74) is 0.417. The molecule has 0 unspecified atom stereocenters. The summed E-state index contributed by atoms with van der Waals surface area (Å²) in [6, 6.07) is 8.41. The summed E-state index contributed by atoms with van der Waals surface area (Å²) < 4.78 is 31.1. The van der Waals surface area contributed by atoms with Gasteiger partial charge in [-0.2, -0.15) is 5.26 Å². The monoisotopic (exact) mass is 275 g/mol. The smallest absolute Gasteiger partial charge is 0.167 e. The number of hydrogen-bond acceptors (Lipinski definition) is 4. The van der Waals surface area contributed by atoms with Crippen LogP contribution in [0.5, 0.6) is 5.75 Å². The van der Waals surface area contributed by atoms with Crippen LogP contribution in [0.3, 0.4) is 0 Å². The number of rotatable bonds is 5. The van der Waals surface area contributed by atoms with E-state index < -0.39 is 11.6 Å². The molecule has 6 heteroatoms. The van der Waals surface area contributed by atoms with Gasteiger partial charge in [0.2, 0.25) is 0 Å². The van der Waals surface area contributed by atoms with Gasteiger partial charge >= 0.3 is 0 Å². The average molecular weight is 275 g/mol. The largest absolute Gasteiger partial charge is 0.489 e. The third-order valence-electron chi connectivity index (χ3n) is 2.47. The molecule has 4 nitrogen and oxygen atoms in total. The first kappa shape index (κ1) is 13.7. The van der Waals surface area contributed by atoms with Gasteiger partial charge in [-0.1, -0.05) is 0 Å². The molecule has 0 fully saturated rings. The number of halogens is 2. The lowest BCUT2D eigenvalue weighted by Crippen LogP contribution is -2.13. The van der Waals surface area contributed by atoms with E-state index in [1.807, 2.05) is 6.07 Å². The summed E-state index contributed by atoms with van der Waals surface area (Å²) in [5.74, 6) is -0.978. The van der Waals surface area contributed by atoms with Gasteiger partial charge in [-0.25, -0.2) is 13.8 Å². The summed E-state index contributed by atoms with van der Waals surface area (Å²) in [4.78, 5) is 4.01. The molecule has 2 rings (SSSR count). The van der Waals surface area contributed by atoms with E-state index in [-0.39, 0.29) is 12.4 Å². The second-order valence-electron chi connectivity index (χ2n) is 3.86. The van der Waals surface area contributed by atoms with Crippen LogP contribution in [-0.4, -0.2) is 18.1 Å². The van der Waals surface area contributed by atoms with Crippen LogP contribution in [-0.2, 0) is 0 Å². The zero-order valence-corrected chi connectivity index (χ0v) is 10.4. The van der Waals surface area contributed by atoms with Gasteiger partial charge in [-0.3, -0.25) is 0 Å². The molecule has 1 aromatic carbocycles. The van der Waals surface area contributed by atoms with E-state index in [1.54, 1.807) is 18.3 Å². The van der Waals surface area contributed by atoms with Crippen molar-refractivity contribution in [3.05, 3.63) is 53.7 Å². The molecule has 0 aliphatic heterocycles. The lowest BCUT2D eigenvalue weighted by atomic mass is 10.3. The van der Waals surface area contributed by atoms with E-state index in [1.165, 1.54) is 6.07 Å². The highest BCUT2D eigenvalue weighted by atomic mass is 19.1. The van der Waals surface area contributed by atoms with Crippen molar-refractivity contribution >= 4 is 5.82 Å². The van der Waals surface area contributed by atoms with E-state index in [0.29, 0.717) is 17.9 Å². The molecule has 0 spiro atoms. The normalized spacial score (nSPS) is 9.85. The Labute approximate surface area is 114 Å². The van der Waals surface area contributed by atoms with Crippen molar-refractivity contribution in [2.24, 2.45) is 0 Å². The predicted molar refractivity (Wildman–Crippen MR) is 69.3 cm³/mol. The number of nitriles is 1. The summed E-state index contributed by atoms with van der Waals surface area (Å²) in [6.07, 6.45) is 1.56. The molecule has 20 heavy (non-hydrogen) atoms. The van der Waals surface area contributed by atoms with Gasteiger partial charge in [0.25, 0.3) is 0 Å². The second kappa shape index (κ2) is 6.48. The Morgan fingerprint density at radius 1 is 1.30 bits per heavy atom. The zero-order valence-electron chi connectivity index (χ0n) is 10.4. The minimum Gasteiger partial charge on any atom is -0.489 e. The van der Waals surface area contributed by atoms with Crippen molar-refractivity contribution in [3.8, 4) is 11.8 Å². The Kier molecular flexibility index (Phi) is 4.45. The van der Waals surface area contributed by atoms with Crippen LogP contribution in [0.2, 0.25) is 0 Å². The SMILES string of the molecule is N#Cc1cccnc1NCCOc1ccc(F)cc1F. The Bertz CT molecular complexity index is 641. The second-order valence-corrected chi connectivity index (χ2v) is 3.86. The molecule has 0 atom stereocenters. The molecular formula is C14H11F2N3O. The molecule has 1 aromatic heterocycles. The first-order valence-corrected chi connectivity index (χ1v) is 5.87. The van der Waals surface area contributed by atoms with Gasteiger partial charge in [0, 0.05) is 12.3 Å². The number of anilines is 1. The van der Waals surface area contributed by atoms with Crippen LogP contribution in [0, 0.1) is 23.0 Å². The number of aromatic nitrogens is 1. The van der Waals surface area contributed by atoms with Gasteiger partial charge in [0.1, 0.15) is 24.3 Å². The highest BCUT2D eigenvalue weighted by Crippen LogP contribution is 2.17. The van der Waals surface area contributed by atoms with Crippen molar-refractivity contribution in [2.45, 2.75) is 0 Å². The maximum atomic E-state index is 13.3. The number of nitrogens with one attached hydrogen (secondary N) is 1. The molecule has 0 amide bonds. The molecule has 0 bridgehead atoms. The van der Waals surface area contributed by atoms with Crippen LogP contribution in [0.15, 0.2) is 36.5 Å². The fraction of sp³-hybridized carbons (Fsp3) is 0.143. The van der Waals surface area contributed by atoms with Gasteiger partial charge in [-0.15, -0.1) is 0 Å². The van der Waals surface area contributed by atoms with E-state index >= 15 is 0 Å². The lowest BCUT2D eigenvalue weighted by Gasteiger charge is -2.09. The first-order valence-electron chi connectivity index (χ1n) is 5.87. The van der Waals surface area contributed by atoms with Crippen LogP contribution < -0.4 is 10.1 Å². The summed E-state index contributed by atoms with van der Waals surface area (Å²) in [7, 11) is 0. The number of pyridine rings is 1. The molecule has 0 aliphatic rings. The summed E-state index contributed by atoms with van der Waals surface area (Å²) in [5, 5.41) is 11.8. The maximum absolute atomic E-state index is 13.3. The minimum absolute atomic E-state index is 0.0188. The van der Waals surface area contributed by atoms with Crippen LogP contribution in [0.4, 0.5) is 14.6 Å². The molecule has 0 aliphatic carbocycles. The Balaban J connectivity index is 1.86. The Morgan fingerprint density at radius 2 is 2.15 bits per heavy atom. The highest BCUT2D eigenvalue weighted by Gasteiger charge is 2.05. The zero-order chi connectivity index (χ0) is 14.4. The Morgan fingerprint density at radius 3 is 2.90 bits per heavy atom. The van der Waals surface area contributed by atoms with Gasteiger partial charge in [0.15, 0.2) is 11.6 Å². The maximum Gasteiger partial charge on any atom is 0.167 e. The fourth-order valence-electron chi connectivity index (χ4n) is 1.56. The number of ether oxygens (including phenoxy) is 1. The van der Waals surface area contributed by atoms with Crippen molar-refractivity contribution in [2.75, 3.05) is 18.5 Å². The number of nitrogens with zero attached hydrogens (tertiary/aromatic N) is 2. The molecule has 1 N–H and O–H groups in total. The molecule has 1 heterocycles. The average Bonchev–Trinajstić information content (AvgIpc) is 2.46. The van der Waals surface area contributed by atoms with Crippen molar-refractivity contribution in [3.63, 3.8) is 0 Å². The number of benzene rings is 1. The molecule has 0 saturated heterocycles. The molecule has 0 radical (unpaired) electrons. The first-order chi connectivity index (χ1) is 9.70. The molecule has 0 saturated carbocycles. The predicted octanol–water partition coefficient (Wildman–Crippen LogP) is 2.72. The van der Waals surface area contributed by atoms with E-state index in [9.17, 15) is 8.78 Å². The summed E-state index contributed by atoms with van der Waals surface area (Å²) in [6.45, 7) is 0.493. The van der Waals surface area contributed by atoms with E-state index in [4.69, 9.17) is 10.00 Å². The van der Waals surface area contributed by atoms with Gasteiger partial charge in [0.05, 0.1) is 12.1 Å². The molecule has 2 aromatic rings. The van der Waals surface area contributed by atoms with Crippen molar-refractivity contribution in [1.29, 1.82) is 5.26 Å².